The first-order chi connectivity index (χ1) is 13.2. The normalized spacial score (nSPS) is 19.3. The molecule has 1 atom stereocenters. The zero-order valence-electron chi connectivity index (χ0n) is 14.8. The average Bonchev–Trinajstić information content (AvgIpc) is 3.06. The number of carbonyl (C=O) groups is 1. The van der Waals surface area contributed by atoms with E-state index in [1.807, 2.05) is 0 Å². The molecule has 0 radical (unpaired) electrons. The van der Waals surface area contributed by atoms with Crippen LogP contribution in [0.1, 0.15) is 12.0 Å². The average molecular weight is 394 g/mol. The molecule has 0 spiro atoms. The number of nitrogens with zero attached hydrogens (tertiary/aromatic N) is 2. The van der Waals surface area contributed by atoms with Crippen molar-refractivity contribution >= 4 is 11.6 Å². The Bertz CT molecular complexity index is 869. The Morgan fingerprint density at radius 3 is 2.36 bits per heavy atom. The van der Waals surface area contributed by atoms with Crippen molar-refractivity contribution in [3.63, 3.8) is 0 Å². The van der Waals surface area contributed by atoms with Gasteiger partial charge in [0.05, 0.1) is 19.2 Å². The molecule has 9 heteroatoms. The van der Waals surface area contributed by atoms with Gasteiger partial charge in [-0.05, 0) is 42.0 Å². The van der Waals surface area contributed by atoms with Crippen molar-refractivity contribution in [2.24, 2.45) is 5.10 Å². The Morgan fingerprint density at radius 2 is 1.79 bits per heavy atom. The Hall–Kier alpha value is -3.07. The lowest BCUT2D eigenvalue weighted by atomic mass is 10.0. The maximum absolute atomic E-state index is 13.5. The van der Waals surface area contributed by atoms with Crippen LogP contribution < -0.4 is 9.47 Å². The zero-order valence-corrected chi connectivity index (χ0v) is 14.8. The molecule has 1 heterocycles. The highest BCUT2D eigenvalue weighted by Gasteiger charge is 2.63. The summed E-state index contributed by atoms with van der Waals surface area (Å²) in [6, 6.07) is 14.2. The number of hydrazone groups is 1. The minimum atomic E-state index is -5.10. The summed E-state index contributed by atoms with van der Waals surface area (Å²) < 4.78 is 50.9. The Kier molecular flexibility index (Phi) is 5.28. The summed E-state index contributed by atoms with van der Waals surface area (Å²) in [5.74, 6) is -0.297. The van der Waals surface area contributed by atoms with Crippen molar-refractivity contribution in [2.75, 3.05) is 13.7 Å². The first-order valence-electron chi connectivity index (χ1n) is 8.26. The van der Waals surface area contributed by atoms with Crippen LogP contribution in [0.25, 0.3) is 0 Å². The first kappa shape index (κ1) is 19.7. The molecular weight excluding hydrogens is 377 g/mol. The van der Waals surface area contributed by atoms with Gasteiger partial charge in [-0.2, -0.15) is 23.3 Å². The van der Waals surface area contributed by atoms with E-state index in [0.29, 0.717) is 17.1 Å². The number of benzene rings is 2. The lowest BCUT2D eigenvalue weighted by Crippen LogP contribution is -2.57. The highest BCUT2D eigenvalue weighted by atomic mass is 19.4. The van der Waals surface area contributed by atoms with E-state index < -0.39 is 30.8 Å². The molecule has 1 N–H and O–H groups in total. The molecule has 0 bridgehead atoms. The molecule has 3 rings (SSSR count). The number of alkyl halides is 3. The number of ether oxygens (including phenoxy) is 2. The van der Waals surface area contributed by atoms with Gasteiger partial charge in [0.15, 0.2) is 6.61 Å². The molecule has 0 aliphatic carbocycles. The van der Waals surface area contributed by atoms with Gasteiger partial charge in [0, 0.05) is 0 Å². The van der Waals surface area contributed by atoms with Crippen LogP contribution in [-0.4, -0.2) is 47.4 Å². The predicted octanol–water partition coefficient (Wildman–Crippen LogP) is 2.96. The lowest BCUT2D eigenvalue weighted by Gasteiger charge is -2.32. The molecule has 0 aromatic heterocycles. The van der Waals surface area contributed by atoms with Gasteiger partial charge in [0.2, 0.25) is 0 Å². The van der Waals surface area contributed by atoms with Gasteiger partial charge in [0.1, 0.15) is 11.5 Å². The number of carbonyl (C=O) groups excluding carboxylic acids is 1. The summed E-state index contributed by atoms with van der Waals surface area (Å²) in [5.41, 5.74) is -3.18. The van der Waals surface area contributed by atoms with Crippen LogP contribution in [0.4, 0.5) is 13.2 Å². The Labute approximate surface area is 158 Å². The molecule has 148 valence electrons. The van der Waals surface area contributed by atoms with Gasteiger partial charge in [-0.15, -0.1) is 0 Å². The van der Waals surface area contributed by atoms with E-state index in [1.165, 1.54) is 19.2 Å². The van der Waals surface area contributed by atoms with Crippen molar-refractivity contribution in [3.05, 3.63) is 60.2 Å². The van der Waals surface area contributed by atoms with Gasteiger partial charge >= 0.3 is 6.18 Å². The van der Waals surface area contributed by atoms with Crippen molar-refractivity contribution < 1.29 is 32.5 Å². The van der Waals surface area contributed by atoms with E-state index >= 15 is 0 Å². The molecule has 0 fully saturated rings. The summed E-state index contributed by atoms with van der Waals surface area (Å²) in [6.45, 7) is -0.707. The predicted molar refractivity (Wildman–Crippen MR) is 93.9 cm³/mol. The molecule has 1 aliphatic rings. The minimum absolute atomic E-state index is 0.0511. The molecule has 0 unspecified atom stereocenters. The third-order valence-electron chi connectivity index (χ3n) is 4.20. The quantitative estimate of drug-likeness (QED) is 0.847. The smallest absolute Gasteiger partial charge is 0.438 e. The fourth-order valence-corrected chi connectivity index (χ4v) is 2.70. The van der Waals surface area contributed by atoms with E-state index in [2.05, 4.69) is 5.10 Å². The lowest BCUT2D eigenvalue weighted by molar-refractivity contribution is -0.302. The van der Waals surface area contributed by atoms with Gasteiger partial charge in [0.25, 0.3) is 11.6 Å². The molecule has 0 saturated heterocycles. The van der Waals surface area contributed by atoms with Crippen LogP contribution in [-0.2, 0) is 4.79 Å². The second-order valence-corrected chi connectivity index (χ2v) is 6.07. The summed E-state index contributed by atoms with van der Waals surface area (Å²) >= 11 is 0. The summed E-state index contributed by atoms with van der Waals surface area (Å²) in [6.07, 6.45) is -5.99. The third-order valence-corrected chi connectivity index (χ3v) is 4.20. The maximum atomic E-state index is 13.5. The van der Waals surface area contributed by atoms with E-state index in [0.717, 1.165) is 0 Å². The molecule has 0 saturated carbocycles. The molecule has 2 aromatic carbocycles. The standard InChI is InChI=1S/C19H17F3N2O4/c1-27-14-9-7-13(8-10-14)16-11-18(26,19(20,21)22)24(23-16)17(25)12-28-15-5-3-2-4-6-15/h2-10,26H,11-12H2,1H3/t18-/m1/s1. The number of para-hydroxylation sites is 1. The SMILES string of the molecule is COc1ccc(C2=NN(C(=O)COc3ccccc3)[C@](O)(C(F)(F)F)C2)cc1. The topological polar surface area (TPSA) is 71.4 Å². The third kappa shape index (κ3) is 3.79. The molecule has 28 heavy (non-hydrogen) atoms. The summed E-state index contributed by atoms with van der Waals surface area (Å²) in [4.78, 5) is 12.4. The number of hydrogen-bond donors (Lipinski definition) is 1. The largest absolute Gasteiger partial charge is 0.497 e. The fraction of sp³-hybridized carbons (Fsp3) is 0.263. The second kappa shape index (κ2) is 7.51. The van der Waals surface area contributed by atoms with Crippen LogP contribution in [0.2, 0.25) is 0 Å². The maximum Gasteiger partial charge on any atom is 0.438 e. The zero-order chi connectivity index (χ0) is 20.4. The highest BCUT2D eigenvalue weighted by molar-refractivity contribution is 6.03. The van der Waals surface area contributed by atoms with Gasteiger partial charge < -0.3 is 14.6 Å². The van der Waals surface area contributed by atoms with Crippen LogP contribution in [0.15, 0.2) is 59.7 Å². The van der Waals surface area contributed by atoms with E-state index in [9.17, 15) is 23.1 Å². The molecule has 1 amide bonds. The first-order valence-corrected chi connectivity index (χ1v) is 8.26. The minimum Gasteiger partial charge on any atom is -0.497 e. The molecule has 1 aliphatic heterocycles. The summed E-state index contributed by atoms with van der Waals surface area (Å²) in [5, 5.41) is 14.1. The molecular formula is C19H17F3N2O4. The van der Waals surface area contributed by atoms with Crippen LogP contribution in [0.3, 0.4) is 0 Å². The number of methoxy groups -OCH3 is 1. The monoisotopic (exact) mass is 394 g/mol. The van der Waals surface area contributed by atoms with E-state index in [-0.39, 0.29) is 10.7 Å². The van der Waals surface area contributed by atoms with Crippen molar-refractivity contribution in [2.45, 2.75) is 18.3 Å². The van der Waals surface area contributed by atoms with Crippen molar-refractivity contribution in [1.82, 2.24) is 5.01 Å². The van der Waals surface area contributed by atoms with Gasteiger partial charge in [-0.25, -0.2) is 0 Å². The number of hydrogen-bond acceptors (Lipinski definition) is 5. The highest BCUT2D eigenvalue weighted by Crippen LogP contribution is 2.41. The number of aliphatic hydroxyl groups is 1. The van der Waals surface area contributed by atoms with Gasteiger partial charge in [-0.1, -0.05) is 18.2 Å². The van der Waals surface area contributed by atoms with Crippen LogP contribution >= 0.6 is 0 Å². The number of halogens is 3. The molecule has 2 aromatic rings. The number of rotatable bonds is 5. The fourth-order valence-electron chi connectivity index (χ4n) is 2.70. The Morgan fingerprint density at radius 1 is 1.14 bits per heavy atom. The van der Waals surface area contributed by atoms with Crippen LogP contribution in [0, 0.1) is 0 Å². The number of amides is 1. The van der Waals surface area contributed by atoms with Gasteiger partial charge in [-0.3, -0.25) is 4.79 Å². The van der Waals surface area contributed by atoms with Crippen LogP contribution in [0.5, 0.6) is 11.5 Å². The van der Waals surface area contributed by atoms with E-state index in [1.54, 1.807) is 42.5 Å². The van der Waals surface area contributed by atoms with E-state index in [4.69, 9.17) is 9.47 Å². The molecule has 6 nitrogen and oxygen atoms in total. The summed E-state index contributed by atoms with van der Waals surface area (Å²) in [7, 11) is 1.46. The Balaban J connectivity index is 1.85. The van der Waals surface area contributed by atoms with Crippen molar-refractivity contribution in [1.29, 1.82) is 0 Å². The second-order valence-electron chi connectivity index (χ2n) is 6.07. The van der Waals surface area contributed by atoms with Crippen molar-refractivity contribution in [3.8, 4) is 11.5 Å².